The van der Waals surface area contributed by atoms with Crippen LogP contribution in [0, 0.1) is 0 Å². The number of carbonyl (C=O) groups is 1. The molecule has 0 unspecified atom stereocenters. The first-order valence-electron chi connectivity index (χ1n) is 7.85. The Morgan fingerprint density at radius 3 is 2.56 bits per heavy atom. The fourth-order valence-corrected chi connectivity index (χ4v) is 2.17. The van der Waals surface area contributed by atoms with Gasteiger partial charge in [-0.15, -0.1) is 0 Å². The molecule has 138 valence electrons. The fourth-order valence-electron chi connectivity index (χ4n) is 2.17. The van der Waals surface area contributed by atoms with Crippen molar-refractivity contribution in [3.05, 3.63) is 53.6 Å². The van der Waals surface area contributed by atoms with Crippen molar-refractivity contribution in [2.24, 2.45) is 0 Å². The molecular weight excluding hydrogens is 326 g/mol. The van der Waals surface area contributed by atoms with Crippen molar-refractivity contribution < 1.29 is 29.7 Å². The topological polar surface area (TPSA) is 108 Å². The number of aliphatic hydroxyl groups is 2. The SMILES string of the molecule is CO[C@H](C/C=C/C(C)=C/C(=O)NO)[C@H](O)c1ccc(OCCO)cc1. The van der Waals surface area contributed by atoms with Crippen LogP contribution in [0.25, 0.3) is 0 Å². The number of aliphatic hydroxyl groups excluding tert-OH is 2. The highest BCUT2D eigenvalue weighted by Gasteiger charge is 2.19. The second-order valence-corrected chi connectivity index (χ2v) is 5.36. The highest BCUT2D eigenvalue weighted by Crippen LogP contribution is 2.24. The van der Waals surface area contributed by atoms with Crippen LogP contribution < -0.4 is 10.2 Å². The van der Waals surface area contributed by atoms with Crippen LogP contribution in [0.1, 0.15) is 25.0 Å². The van der Waals surface area contributed by atoms with Gasteiger partial charge >= 0.3 is 0 Å². The van der Waals surface area contributed by atoms with Gasteiger partial charge in [-0.1, -0.05) is 24.3 Å². The Morgan fingerprint density at radius 1 is 1.32 bits per heavy atom. The molecule has 0 aromatic heterocycles. The Morgan fingerprint density at radius 2 is 2.00 bits per heavy atom. The molecule has 0 spiro atoms. The molecule has 1 aromatic rings. The fraction of sp³-hybridized carbons (Fsp3) is 0.389. The maximum absolute atomic E-state index is 11.0. The van der Waals surface area contributed by atoms with E-state index in [2.05, 4.69) is 0 Å². The number of carbonyl (C=O) groups excluding carboxylic acids is 1. The summed E-state index contributed by atoms with van der Waals surface area (Å²) in [5.74, 6) is 0.00997. The van der Waals surface area contributed by atoms with Gasteiger partial charge in [-0.05, 0) is 36.6 Å². The van der Waals surface area contributed by atoms with Crippen molar-refractivity contribution in [2.45, 2.75) is 25.6 Å². The molecule has 0 fully saturated rings. The summed E-state index contributed by atoms with van der Waals surface area (Å²) in [5, 5.41) is 27.6. The lowest BCUT2D eigenvalue weighted by Gasteiger charge is -2.21. The zero-order valence-electron chi connectivity index (χ0n) is 14.4. The molecule has 2 atom stereocenters. The Bertz CT molecular complexity index is 582. The minimum Gasteiger partial charge on any atom is -0.491 e. The maximum atomic E-state index is 11.0. The van der Waals surface area contributed by atoms with Gasteiger partial charge in [0.1, 0.15) is 18.5 Å². The number of ether oxygens (including phenoxy) is 2. The van der Waals surface area contributed by atoms with E-state index in [1.807, 2.05) is 0 Å². The van der Waals surface area contributed by atoms with Gasteiger partial charge in [0.2, 0.25) is 0 Å². The van der Waals surface area contributed by atoms with Crippen LogP contribution in [-0.2, 0) is 9.53 Å². The van der Waals surface area contributed by atoms with E-state index in [4.69, 9.17) is 19.8 Å². The summed E-state index contributed by atoms with van der Waals surface area (Å²) in [6.07, 6.45) is 3.89. The number of allylic oxidation sites excluding steroid dienone is 2. The largest absolute Gasteiger partial charge is 0.491 e. The Hall–Kier alpha value is -2.19. The highest BCUT2D eigenvalue weighted by molar-refractivity contribution is 5.87. The Labute approximate surface area is 147 Å². The average Bonchev–Trinajstić information content (AvgIpc) is 2.63. The molecule has 4 N–H and O–H groups in total. The lowest BCUT2D eigenvalue weighted by molar-refractivity contribution is -0.124. The average molecular weight is 351 g/mol. The first-order valence-corrected chi connectivity index (χ1v) is 7.85. The van der Waals surface area contributed by atoms with E-state index in [-0.39, 0.29) is 13.2 Å². The molecule has 0 aliphatic heterocycles. The zero-order chi connectivity index (χ0) is 18.7. The number of hydrogen-bond acceptors (Lipinski definition) is 6. The Kier molecular flexibility index (Phi) is 9.49. The minimum absolute atomic E-state index is 0.0592. The van der Waals surface area contributed by atoms with Gasteiger partial charge < -0.3 is 19.7 Å². The van der Waals surface area contributed by atoms with Crippen LogP contribution in [0.3, 0.4) is 0 Å². The second kappa shape index (κ2) is 11.4. The van der Waals surface area contributed by atoms with Gasteiger partial charge in [-0.3, -0.25) is 10.0 Å². The predicted molar refractivity (Wildman–Crippen MR) is 92.2 cm³/mol. The lowest BCUT2D eigenvalue weighted by Crippen LogP contribution is -2.20. The van der Waals surface area contributed by atoms with Gasteiger partial charge in [-0.2, -0.15) is 0 Å². The zero-order valence-corrected chi connectivity index (χ0v) is 14.4. The number of nitrogens with one attached hydrogen (secondary N) is 1. The van der Waals surface area contributed by atoms with Crippen molar-refractivity contribution in [2.75, 3.05) is 20.3 Å². The lowest BCUT2D eigenvalue weighted by atomic mass is 10.0. The van der Waals surface area contributed by atoms with Crippen molar-refractivity contribution in [3.8, 4) is 5.75 Å². The molecule has 25 heavy (non-hydrogen) atoms. The quantitative estimate of drug-likeness (QED) is 0.220. The van der Waals surface area contributed by atoms with E-state index in [1.165, 1.54) is 18.7 Å². The number of rotatable bonds is 10. The minimum atomic E-state index is -0.827. The van der Waals surface area contributed by atoms with Crippen molar-refractivity contribution in [1.82, 2.24) is 5.48 Å². The molecule has 0 bridgehead atoms. The molecule has 1 amide bonds. The summed E-state index contributed by atoms with van der Waals surface area (Å²) in [5.41, 5.74) is 2.86. The van der Waals surface area contributed by atoms with Gasteiger partial charge in [0, 0.05) is 13.2 Å². The van der Waals surface area contributed by atoms with Gasteiger partial charge in [0.25, 0.3) is 5.91 Å². The maximum Gasteiger partial charge on any atom is 0.267 e. The summed E-state index contributed by atoms with van der Waals surface area (Å²) in [4.78, 5) is 11.0. The summed E-state index contributed by atoms with van der Waals surface area (Å²) in [7, 11) is 1.52. The molecule has 0 heterocycles. The molecular formula is C18H25NO6. The van der Waals surface area contributed by atoms with E-state index >= 15 is 0 Å². The molecule has 1 aromatic carbocycles. The number of hydroxylamine groups is 1. The summed E-state index contributed by atoms with van der Waals surface area (Å²) in [6, 6.07) is 6.92. The smallest absolute Gasteiger partial charge is 0.267 e. The molecule has 7 nitrogen and oxygen atoms in total. The van der Waals surface area contributed by atoms with E-state index in [9.17, 15) is 9.90 Å². The van der Waals surface area contributed by atoms with Crippen LogP contribution >= 0.6 is 0 Å². The van der Waals surface area contributed by atoms with Crippen LogP contribution in [0.4, 0.5) is 0 Å². The third-order valence-corrected chi connectivity index (χ3v) is 3.45. The normalized spacial score (nSPS) is 14.4. The molecule has 0 aliphatic carbocycles. The van der Waals surface area contributed by atoms with E-state index < -0.39 is 18.1 Å². The van der Waals surface area contributed by atoms with Crippen molar-refractivity contribution >= 4 is 5.91 Å². The molecule has 1 rings (SSSR count). The number of methoxy groups -OCH3 is 1. The first-order chi connectivity index (χ1) is 12.0. The number of amides is 1. The number of benzene rings is 1. The summed E-state index contributed by atoms with van der Waals surface area (Å²) >= 11 is 0. The van der Waals surface area contributed by atoms with E-state index in [0.29, 0.717) is 23.3 Å². The first kappa shape index (κ1) is 20.9. The van der Waals surface area contributed by atoms with Gasteiger partial charge in [0.15, 0.2) is 0 Å². The van der Waals surface area contributed by atoms with Crippen LogP contribution in [-0.4, -0.2) is 47.8 Å². The van der Waals surface area contributed by atoms with E-state index in [0.717, 1.165) is 0 Å². The van der Waals surface area contributed by atoms with Crippen molar-refractivity contribution in [3.63, 3.8) is 0 Å². The van der Waals surface area contributed by atoms with Gasteiger partial charge in [-0.25, -0.2) is 5.48 Å². The summed E-state index contributed by atoms with van der Waals surface area (Å²) in [6.45, 7) is 1.87. The second-order valence-electron chi connectivity index (χ2n) is 5.36. The molecule has 7 heteroatoms. The van der Waals surface area contributed by atoms with Gasteiger partial charge in [0.05, 0.1) is 12.7 Å². The van der Waals surface area contributed by atoms with Crippen LogP contribution in [0.15, 0.2) is 48.1 Å². The number of hydrogen-bond donors (Lipinski definition) is 4. The Balaban J connectivity index is 2.66. The standard InChI is InChI=1S/C18H25NO6/c1-13(12-17(21)19-23)4-3-5-16(24-2)18(22)14-6-8-15(9-7-14)25-11-10-20/h3-4,6-9,12,16,18,20,22-23H,5,10-11H2,1-2H3,(H,19,21)/b4-3+,13-12+/t16-,18-/m1/s1. The monoisotopic (exact) mass is 351 g/mol. The molecule has 0 aliphatic rings. The third-order valence-electron chi connectivity index (χ3n) is 3.45. The molecule has 0 saturated carbocycles. The van der Waals surface area contributed by atoms with Crippen LogP contribution in [0.5, 0.6) is 5.75 Å². The third kappa shape index (κ3) is 7.49. The molecule has 0 saturated heterocycles. The van der Waals surface area contributed by atoms with Crippen molar-refractivity contribution in [1.29, 1.82) is 0 Å². The van der Waals surface area contributed by atoms with E-state index in [1.54, 1.807) is 43.3 Å². The highest BCUT2D eigenvalue weighted by atomic mass is 16.5. The summed E-state index contributed by atoms with van der Waals surface area (Å²) < 4.78 is 10.6. The molecule has 0 radical (unpaired) electrons. The van der Waals surface area contributed by atoms with Crippen LogP contribution in [0.2, 0.25) is 0 Å². The predicted octanol–water partition coefficient (Wildman–Crippen LogP) is 1.50.